The molecule has 2 amide bonds. The maximum absolute atomic E-state index is 12.6. The molecular weight excluding hydrogens is 425 g/mol. The number of carbonyl (C=O) groups excluding carboxylic acids is 2. The Balaban J connectivity index is 1.33. The molecule has 1 aliphatic rings. The van der Waals surface area contributed by atoms with Gasteiger partial charge in [0.15, 0.2) is 0 Å². The van der Waals surface area contributed by atoms with Crippen molar-refractivity contribution in [1.29, 1.82) is 0 Å². The standard InChI is InChI=1S/C29H24NO2P/c31-28-26-18-7-8-19-27(26)29(32)30(28)20-10-12-22-11-9-17-25(21-22)33(23-13-3-1-4-14-23)24-15-5-2-6-16-24/h1-9,11,13-19,21H,10,12,20H2. The largest absolute Gasteiger partial charge is 0.274 e. The van der Waals surface area contributed by atoms with E-state index in [-0.39, 0.29) is 11.8 Å². The molecule has 1 heterocycles. The van der Waals surface area contributed by atoms with Crippen LogP contribution in [0.15, 0.2) is 109 Å². The first-order valence-corrected chi connectivity index (χ1v) is 12.5. The molecule has 0 saturated carbocycles. The molecule has 4 aromatic carbocycles. The SMILES string of the molecule is O=C1c2ccccc2C(=O)N1CCCc1cccc(P(c2ccccc2)c2ccccc2)c1. The van der Waals surface area contributed by atoms with E-state index in [0.29, 0.717) is 17.7 Å². The van der Waals surface area contributed by atoms with E-state index < -0.39 is 7.92 Å². The Labute approximate surface area is 195 Å². The Kier molecular flexibility index (Phi) is 6.15. The number of imide groups is 1. The van der Waals surface area contributed by atoms with Crippen molar-refractivity contribution in [2.75, 3.05) is 6.54 Å². The third-order valence-electron chi connectivity index (χ3n) is 5.92. The van der Waals surface area contributed by atoms with E-state index in [0.717, 1.165) is 12.8 Å². The fourth-order valence-corrected chi connectivity index (χ4v) is 6.70. The van der Waals surface area contributed by atoms with Crippen LogP contribution in [-0.4, -0.2) is 23.3 Å². The number of amides is 2. The molecule has 0 spiro atoms. The van der Waals surface area contributed by atoms with Crippen LogP contribution in [0.2, 0.25) is 0 Å². The van der Waals surface area contributed by atoms with Crippen LogP contribution < -0.4 is 15.9 Å². The zero-order valence-corrected chi connectivity index (χ0v) is 19.1. The summed E-state index contributed by atoms with van der Waals surface area (Å²) < 4.78 is 0. The molecule has 0 saturated heterocycles. The van der Waals surface area contributed by atoms with Gasteiger partial charge in [-0.1, -0.05) is 97.1 Å². The molecule has 3 nitrogen and oxygen atoms in total. The Bertz CT molecular complexity index is 1210. The van der Waals surface area contributed by atoms with Gasteiger partial charge in [0.25, 0.3) is 11.8 Å². The van der Waals surface area contributed by atoms with Gasteiger partial charge < -0.3 is 0 Å². The van der Waals surface area contributed by atoms with Gasteiger partial charge >= 0.3 is 0 Å². The van der Waals surface area contributed by atoms with Gasteiger partial charge in [0.2, 0.25) is 0 Å². The molecule has 162 valence electrons. The third-order valence-corrected chi connectivity index (χ3v) is 8.35. The summed E-state index contributed by atoms with van der Waals surface area (Å²) in [5.74, 6) is -0.359. The second-order valence-corrected chi connectivity index (χ2v) is 10.3. The van der Waals surface area contributed by atoms with Crippen LogP contribution in [0.1, 0.15) is 32.7 Å². The van der Waals surface area contributed by atoms with Crippen LogP contribution in [0.4, 0.5) is 0 Å². The summed E-state index contributed by atoms with van der Waals surface area (Å²) in [6, 6.07) is 37.1. The third kappa shape index (κ3) is 4.37. The lowest BCUT2D eigenvalue weighted by Crippen LogP contribution is -2.31. The number of aryl methyl sites for hydroxylation is 1. The number of rotatable bonds is 7. The summed E-state index contributed by atoms with van der Waals surface area (Å²) in [5.41, 5.74) is 2.25. The van der Waals surface area contributed by atoms with Crippen LogP contribution in [0, 0.1) is 0 Å². The molecule has 0 N–H and O–H groups in total. The van der Waals surface area contributed by atoms with Gasteiger partial charge in [0, 0.05) is 6.54 Å². The molecule has 0 fully saturated rings. The summed E-state index contributed by atoms with van der Waals surface area (Å²) in [4.78, 5) is 26.6. The van der Waals surface area contributed by atoms with E-state index >= 15 is 0 Å². The first-order valence-electron chi connectivity index (χ1n) is 11.2. The minimum Gasteiger partial charge on any atom is -0.274 e. The monoisotopic (exact) mass is 449 g/mol. The smallest absolute Gasteiger partial charge is 0.261 e. The fraction of sp³-hybridized carbons (Fsp3) is 0.103. The predicted molar refractivity (Wildman–Crippen MR) is 135 cm³/mol. The molecule has 0 unspecified atom stereocenters. The zero-order chi connectivity index (χ0) is 22.6. The highest BCUT2D eigenvalue weighted by Crippen LogP contribution is 2.33. The van der Waals surface area contributed by atoms with Crippen molar-refractivity contribution in [2.24, 2.45) is 0 Å². The van der Waals surface area contributed by atoms with E-state index in [1.807, 2.05) is 0 Å². The van der Waals surface area contributed by atoms with Crippen LogP contribution >= 0.6 is 7.92 Å². The van der Waals surface area contributed by atoms with Gasteiger partial charge in [-0.05, 0) is 54.4 Å². The van der Waals surface area contributed by atoms with Gasteiger partial charge in [-0.15, -0.1) is 0 Å². The lowest BCUT2D eigenvalue weighted by atomic mass is 10.1. The summed E-state index contributed by atoms with van der Waals surface area (Å²) in [7, 11) is -0.650. The molecule has 5 rings (SSSR count). The Morgan fingerprint density at radius 1 is 0.576 bits per heavy atom. The van der Waals surface area contributed by atoms with Gasteiger partial charge in [0.1, 0.15) is 0 Å². The van der Waals surface area contributed by atoms with Crippen LogP contribution in [0.3, 0.4) is 0 Å². The lowest BCUT2D eigenvalue weighted by molar-refractivity contribution is 0.0652. The number of nitrogens with zero attached hydrogens (tertiary/aromatic N) is 1. The van der Waals surface area contributed by atoms with Gasteiger partial charge in [-0.25, -0.2) is 0 Å². The van der Waals surface area contributed by atoms with Crippen molar-refractivity contribution < 1.29 is 9.59 Å². The highest BCUT2D eigenvalue weighted by molar-refractivity contribution is 7.79. The molecule has 0 bridgehead atoms. The number of hydrogen-bond acceptors (Lipinski definition) is 2. The van der Waals surface area contributed by atoms with Gasteiger partial charge in [-0.2, -0.15) is 0 Å². The average Bonchev–Trinajstić information content (AvgIpc) is 3.11. The first-order chi connectivity index (χ1) is 16.2. The fourth-order valence-electron chi connectivity index (χ4n) is 4.34. The Morgan fingerprint density at radius 2 is 1.09 bits per heavy atom. The minimum absolute atomic E-state index is 0.180. The minimum atomic E-state index is -0.650. The van der Waals surface area contributed by atoms with Crippen molar-refractivity contribution in [2.45, 2.75) is 12.8 Å². The van der Waals surface area contributed by atoms with Gasteiger partial charge in [-0.3, -0.25) is 14.5 Å². The number of fused-ring (bicyclic) bond motifs is 1. The first kappa shape index (κ1) is 21.3. The van der Waals surface area contributed by atoms with Crippen molar-refractivity contribution in [1.82, 2.24) is 4.90 Å². The van der Waals surface area contributed by atoms with Gasteiger partial charge in [0.05, 0.1) is 11.1 Å². The van der Waals surface area contributed by atoms with E-state index in [9.17, 15) is 9.59 Å². The van der Waals surface area contributed by atoms with Crippen molar-refractivity contribution in [3.05, 3.63) is 126 Å². The Hall–Kier alpha value is -3.55. The maximum Gasteiger partial charge on any atom is 0.261 e. The zero-order valence-electron chi connectivity index (χ0n) is 18.2. The molecule has 0 aliphatic carbocycles. The van der Waals surface area contributed by atoms with Crippen molar-refractivity contribution in [3.63, 3.8) is 0 Å². The highest BCUT2D eigenvalue weighted by Gasteiger charge is 2.34. The molecule has 4 aromatic rings. The molecule has 4 heteroatoms. The number of hydrogen-bond donors (Lipinski definition) is 0. The number of benzene rings is 4. The maximum atomic E-state index is 12.6. The molecule has 33 heavy (non-hydrogen) atoms. The molecule has 0 atom stereocenters. The Morgan fingerprint density at radius 3 is 1.67 bits per heavy atom. The molecule has 1 aliphatic heterocycles. The summed E-state index contributed by atoms with van der Waals surface area (Å²) in [6.45, 7) is 0.433. The normalized spacial score (nSPS) is 12.9. The highest BCUT2D eigenvalue weighted by atomic mass is 31.1. The molecular formula is C29H24NO2P. The lowest BCUT2D eigenvalue weighted by Gasteiger charge is -2.20. The van der Waals surface area contributed by atoms with Crippen LogP contribution in [0.5, 0.6) is 0 Å². The quantitative estimate of drug-likeness (QED) is 0.304. The number of carbonyl (C=O) groups is 2. The second kappa shape index (κ2) is 9.52. The average molecular weight is 449 g/mol. The van der Waals surface area contributed by atoms with Crippen LogP contribution in [0.25, 0.3) is 0 Å². The van der Waals surface area contributed by atoms with E-state index in [4.69, 9.17) is 0 Å². The van der Waals surface area contributed by atoms with E-state index in [1.54, 1.807) is 24.3 Å². The summed E-state index contributed by atoms with van der Waals surface area (Å²) in [5, 5.41) is 3.95. The topological polar surface area (TPSA) is 37.4 Å². The van der Waals surface area contributed by atoms with Crippen molar-refractivity contribution >= 4 is 35.6 Å². The second-order valence-electron chi connectivity index (χ2n) is 8.09. The molecule has 0 aromatic heterocycles. The van der Waals surface area contributed by atoms with E-state index in [1.165, 1.54) is 26.4 Å². The summed E-state index contributed by atoms with van der Waals surface area (Å²) >= 11 is 0. The summed E-state index contributed by atoms with van der Waals surface area (Å²) in [6.07, 6.45) is 1.55. The molecule has 0 radical (unpaired) electrons. The van der Waals surface area contributed by atoms with E-state index in [2.05, 4.69) is 84.9 Å². The predicted octanol–water partition coefficient (Wildman–Crippen LogP) is 4.67. The van der Waals surface area contributed by atoms with Crippen molar-refractivity contribution in [3.8, 4) is 0 Å². The van der Waals surface area contributed by atoms with Crippen LogP contribution in [-0.2, 0) is 6.42 Å².